The largest absolute Gasteiger partial charge is 0.384 e. The van der Waals surface area contributed by atoms with Gasteiger partial charge < -0.3 is 20.7 Å². The standard InChI is InChI=1S/C19H29N3O3.ClH/c1-3-16(23)22-17(15-7-5-4-6-8-15)18(24)21-13-19(14-25-2)9-11-20-12-10-19;/h4-8,17,20H,3,9-14H2,1-2H3,(H,21,24)(H,22,23);1H. The molecule has 3 N–H and O–H groups in total. The lowest BCUT2D eigenvalue weighted by molar-refractivity contribution is -0.129. The lowest BCUT2D eigenvalue weighted by Crippen LogP contribution is -2.49. The van der Waals surface area contributed by atoms with Crippen molar-refractivity contribution in [3.05, 3.63) is 35.9 Å². The monoisotopic (exact) mass is 383 g/mol. The lowest BCUT2D eigenvalue weighted by atomic mass is 9.79. The van der Waals surface area contributed by atoms with E-state index in [9.17, 15) is 9.59 Å². The Hall–Kier alpha value is -1.63. The van der Waals surface area contributed by atoms with Crippen molar-refractivity contribution in [1.29, 1.82) is 0 Å². The van der Waals surface area contributed by atoms with Crippen LogP contribution in [0.15, 0.2) is 30.3 Å². The topological polar surface area (TPSA) is 79.5 Å². The van der Waals surface area contributed by atoms with Crippen LogP contribution >= 0.6 is 12.4 Å². The SMILES string of the molecule is CCC(=O)NC(C(=O)NCC1(COC)CCNCC1)c1ccccc1.Cl. The van der Waals surface area contributed by atoms with Crippen LogP contribution in [-0.2, 0) is 14.3 Å². The summed E-state index contributed by atoms with van der Waals surface area (Å²) in [7, 11) is 1.69. The zero-order valence-electron chi connectivity index (χ0n) is 15.5. The molecule has 1 aromatic carbocycles. The second kappa shape index (κ2) is 11.2. The van der Waals surface area contributed by atoms with Gasteiger partial charge in [0.2, 0.25) is 11.8 Å². The van der Waals surface area contributed by atoms with E-state index in [0.717, 1.165) is 31.5 Å². The Morgan fingerprint density at radius 1 is 1.23 bits per heavy atom. The van der Waals surface area contributed by atoms with E-state index in [-0.39, 0.29) is 29.6 Å². The second-order valence-corrected chi connectivity index (χ2v) is 6.67. The van der Waals surface area contributed by atoms with Gasteiger partial charge in [0.25, 0.3) is 0 Å². The van der Waals surface area contributed by atoms with Crippen LogP contribution in [0.5, 0.6) is 0 Å². The van der Waals surface area contributed by atoms with E-state index in [1.807, 2.05) is 30.3 Å². The number of hydrogen-bond donors (Lipinski definition) is 3. The first-order valence-electron chi connectivity index (χ1n) is 8.92. The van der Waals surface area contributed by atoms with E-state index >= 15 is 0 Å². The minimum atomic E-state index is -0.671. The molecule has 0 saturated carbocycles. The number of nitrogens with one attached hydrogen (secondary N) is 3. The van der Waals surface area contributed by atoms with Crippen molar-refractivity contribution < 1.29 is 14.3 Å². The molecular weight excluding hydrogens is 354 g/mol. The smallest absolute Gasteiger partial charge is 0.247 e. The van der Waals surface area contributed by atoms with Gasteiger partial charge in [0.05, 0.1) is 6.61 Å². The zero-order valence-corrected chi connectivity index (χ0v) is 16.4. The molecule has 0 aliphatic carbocycles. The zero-order chi connectivity index (χ0) is 18.1. The fraction of sp³-hybridized carbons (Fsp3) is 0.579. The molecule has 0 radical (unpaired) electrons. The molecule has 0 spiro atoms. The summed E-state index contributed by atoms with van der Waals surface area (Å²) >= 11 is 0. The van der Waals surface area contributed by atoms with Crippen LogP contribution < -0.4 is 16.0 Å². The Kier molecular flexibility index (Phi) is 9.62. The molecule has 146 valence electrons. The Morgan fingerprint density at radius 2 is 1.88 bits per heavy atom. The van der Waals surface area contributed by atoms with Gasteiger partial charge in [-0.2, -0.15) is 0 Å². The average Bonchev–Trinajstić information content (AvgIpc) is 2.65. The summed E-state index contributed by atoms with van der Waals surface area (Å²) in [5.41, 5.74) is 0.735. The van der Waals surface area contributed by atoms with Crippen molar-refractivity contribution in [1.82, 2.24) is 16.0 Å². The maximum Gasteiger partial charge on any atom is 0.247 e. The number of piperidine rings is 1. The van der Waals surface area contributed by atoms with Crippen molar-refractivity contribution in [2.24, 2.45) is 5.41 Å². The van der Waals surface area contributed by atoms with Crippen LogP contribution in [0.2, 0.25) is 0 Å². The molecule has 6 nitrogen and oxygen atoms in total. The van der Waals surface area contributed by atoms with Gasteiger partial charge in [-0.25, -0.2) is 0 Å². The predicted octanol–water partition coefficient (Wildman–Crippen LogP) is 1.81. The van der Waals surface area contributed by atoms with Gasteiger partial charge >= 0.3 is 0 Å². The quantitative estimate of drug-likeness (QED) is 0.639. The number of halogens is 1. The van der Waals surface area contributed by atoms with Crippen LogP contribution in [0, 0.1) is 5.41 Å². The van der Waals surface area contributed by atoms with E-state index in [1.54, 1.807) is 14.0 Å². The Labute approximate surface area is 161 Å². The predicted molar refractivity (Wildman–Crippen MR) is 104 cm³/mol. The summed E-state index contributed by atoms with van der Waals surface area (Å²) in [6.45, 7) is 4.79. The number of benzene rings is 1. The van der Waals surface area contributed by atoms with Crippen molar-refractivity contribution in [2.75, 3.05) is 33.4 Å². The summed E-state index contributed by atoms with van der Waals surface area (Å²) in [5, 5.41) is 9.21. The third kappa shape index (κ3) is 6.27. The van der Waals surface area contributed by atoms with E-state index in [4.69, 9.17) is 4.74 Å². The minimum absolute atomic E-state index is 0. The first-order chi connectivity index (χ1) is 12.1. The molecule has 1 fully saturated rings. The molecule has 1 aliphatic rings. The summed E-state index contributed by atoms with van der Waals surface area (Å²) < 4.78 is 5.40. The average molecular weight is 384 g/mol. The van der Waals surface area contributed by atoms with Crippen LogP contribution in [0.25, 0.3) is 0 Å². The van der Waals surface area contributed by atoms with E-state index in [0.29, 0.717) is 19.6 Å². The van der Waals surface area contributed by atoms with Crippen molar-refractivity contribution >= 4 is 24.2 Å². The highest BCUT2D eigenvalue weighted by molar-refractivity contribution is 5.88. The van der Waals surface area contributed by atoms with Gasteiger partial charge in [-0.1, -0.05) is 37.3 Å². The molecule has 0 bridgehead atoms. The van der Waals surface area contributed by atoms with E-state index in [1.165, 1.54) is 0 Å². The van der Waals surface area contributed by atoms with E-state index < -0.39 is 6.04 Å². The molecule has 1 aliphatic heterocycles. The molecule has 26 heavy (non-hydrogen) atoms. The molecular formula is C19H30ClN3O3. The Bertz CT molecular complexity index is 557. The number of carbonyl (C=O) groups is 2. The third-order valence-corrected chi connectivity index (χ3v) is 4.77. The van der Waals surface area contributed by atoms with Gasteiger partial charge in [0, 0.05) is 25.5 Å². The van der Waals surface area contributed by atoms with Gasteiger partial charge in [0.1, 0.15) is 6.04 Å². The van der Waals surface area contributed by atoms with Gasteiger partial charge in [-0.3, -0.25) is 9.59 Å². The number of ether oxygens (including phenoxy) is 1. The summed E-state index contributed by atoms with van der Waals surface area (Å²) in [4.78, 5) is 24.7. The molecule has 0 aromatic heterocycles. The lowest BCUT2D eigenvalue weighted by Gasteiger charge is -2.37. The number of amides is 2. The molecule has 1 atom stereocenters. The van der Waals surface area contributed by atoms with Gasteiger partial charge in [-0.05, 0) is 31.5 Å². The maximum atomic E-state index is 12.8. The van der Waals surface area contributed by atoms with Crippen LogP contribution in [0.3, 0.4) is 0 Å². The molecule has 2 amide bonds. The number of rotatable bonds is 8. The highest BCUT2D eigenvalue weighted by atomic mass is 35.5. The Balaban J connectivity index is 0.00000338. The summed E-state index contributed by atoms with van der Waals surface area (Å²) in [6.07, 6.45) is 2.26. The second-order valence-electron chi connectivity index (χ2n) is 6.67. The van der Waals surface area contributed by atoms with Crippen LogP contribution in [-0.4, -0.2) is 45.2 Å². The molecule has 1 unspecified atom stereocenters. The fourth-order valence-corrected chi connectivity index (χ4v) is 3.22. The van der Waals surface area contributed by atoms with Crippen molar-refractivity contribution in [3.63, 3.8) is 0 Å². The molecule has 1 aromatic rings. The van der Waals surface area contributed by atoms with Gasteiger partial charge in [-0.15, -0.1) is 12.4 Å². The number of carbonyl (C=O) groups excluding carboxylic acids is 2. The minimum Gasteiger partial charge on any atom is -0.384 e. The first kappa shape index (κ1) is 22.4. The first-order valence-corrected chi connectivity index (χ1v) is 8.92. The number of hydrogen-bond acceptors (Lipinski definition) is 4. The van der Waals surface area contributed by atoms with Crippen molar-refractivity contribution in [2.45, 2.75) is 32.2 Å². The number of methoxy groups -OCH3 is 1. The van der Waals surface area contributed by atoms with Crippen molar-refractivity contribution in [3.8, 4) is 0 Å². The molecule has 1 heterocycles. The van der Waals surface area contributed by atoms with Gasteiger partial charge in [0.15, 0.2) is 0 Å². The summed E-state index contributed by atoms with van der Waals surface area (Å²) in [5.74, 6) is -0.320. The summed E-state index contributed by atoms with van der Waals surface area (Å²) in [6, 6.07) is 8.67. The Morgan fingerprint density at radius 3 is 2.46 bits per heavy atom. The normalized spacial score (nSPS) is 16.8. The molecule has 7 heteroatoms. The van der Waals surface area contributed by atoms with Crippen LogP contribution in [0.4, 0.5) is 0 Å². The highest BCUT2D eigenvalue weighted by Gasteiger charge is 2.33. The molecule has 1 saturated heterocycles. The maximum absolute atomic E-state index is 12.8. The third-order valence-electron chi connectivity index (χ3n) is 4.77. The highest BCUT2D eigenvalue weighted by Crippen LogP contribution is 2.28. The van der Waals surface area contributed by atoms with Crippen LogP contribution in [0.1, 0.15) is 37.8 Å². The van der Waals surface area contributed by atoms with E-state index in [2.05, 4.69) is 16.0 Å². The fourth-order valence-electron chi connectivity index (χ4n) is 3.22. The molecule has 2 rings (SSSR count).